The van der Waals surface area contributed by atoms with Crippen LogP contribution in [0, 0.1) is 0 Å². The van der Waals surface area contributed by atoms with Crippen molar-refractivity contribution in [1.29, 1.82) is 0 Å². The second kappa shape index (κ2) is 5.17. The molecule has 5 nitrogen and oxygen atoms in total. The molecular formula is C14H13ClN2O3. The smallest absolute Gasteiger partial charge is 0.287 e. The number of hydrogen-bond donors (Lipinski definition) is 2. The van der Waals surface area contributed by atoms with Crippen molar-refractivity contribution in [1.82, 2.24) is 10.3 Å². The molecule has 1 atom stereocenters. The minimum absolute atomic E-state index is 0.117. The quantitative estimate of drug-likeness (QED) is 0.892. The van der Waals surface area contributed by atoms with Crippen LogP contribution in [0.2, 0.25) is 5.22 Å². The van der Waals surface area contributed by atoms with Gasteiger partial charge in [-0.1, -0.05) is 0 Å². The Balaban J connectivity index is 1.83. The predicted octanol–water partition coefficient (Wildman–Crippen LogP) is 2.43. The number of rotatable bonds is 2. The van der Waals surface area contributed by atoms with Crippen LogP contribution < -0.4 is 10.9 Å². The van der Waals surface area contributed by atoms with Crippen molar-refractivity contribution in [3.8, 4) is 0 Å². The van der Waals surface area contributed by atoms with Gasteiger partial charge in [0.05, 0.1) is 6.04 Å². The van der Waals surface area contributed by atoms with Crippen molar-refractivity contribution in [2.75, 3.05) is 0 Å². The second-order valence-electron chi connectivity index (χ2n) is 4.78. The normalized spacial score (nSPS) is 17.6. The van der Waals surface area contributed by atoms with Gasteiger partial charge in [-0.15, -0.1) is 0 Å². The van der Waals surface area contributed by atoms with Gasteiger partial charge in [0.1, 0.15) is 0 Å². The van der Waals surface area contributed by atoms with Crippen LogP contribution in [0.5, 0.6) is 0 Å². The maximum Gasteiger partial charge on any atom is 0.287 e. The number of fused-ring (bicyclic) bond motifs is 1. The maximum absolute atomic E-state index is 12.1. The summed E-state index contributed by atoms with van der Waals surface area (Å²) in [4.78, 5) is 26.2. The molecule has 0 saturated carbocycles. The number of furan rings is 1. The number of aryl methyl sites for hydroxylation is 1. The Morgan fingerprint density at radius 1 is 1.35 bits per heavy atom. The Morgan fingerprint density at radius 2 is 2.20 bits per heavy atom. The predicted molar refractivity (Wildman–Crippen MR) is 73.9 cm³/mol. The summed E-state index contributed by atoms with van der Waals surface area (Å²) < 4.78 is 5.09. The van der Waals surface area contributed by atoms with Crippen LogP contribution in [0.25, 0.3) is 0 Å². The topological polar surface area (TPSA) is 75.1 Å². The van der Waals surface area contributed by atoms with Crippen molar-refractivity contribution in [3.05, 3.63) is 56.9 Å². The van der Waals surface area contributed by atoms with Gasteiger partial charge in [-0.05, 0) is 54.6 Å². The Labute approximate surface area is 119 Å². The Morgan fingerprint density at radius 3 is 2.95 bits per heavy atom. The second-order valence-corrected chi connectivity index (χ2v) is 5.15. The minimum atomic E-state index is -0.305. The van der Waals surface area contributed by atoms with E-state index in [-0.39, 0.29) is 28.5 Å². The average Bonchev–Trinajstić information content (AvgIpc) is 2.85. The number of carbonyl (C=O) groups is 1. The summed E-state index contributed by atoms with van der Waals surface area (Å²) in [6, 6.07) is 6.20. The highest BCUT2D eigenvalue weighted by Gasteiger charge is 2.23. The van der Waals surface area contributed by atoms with E-state index in [4.69, 9.17) is 16.0 Å². The van der Waals surface area contributed by atoms with Gasteiger partial charge >= 0.3 is 0 Å². The standard InChI is InChI=1S/C14H13ClN2O3/c15-12-6-5-11(20-12)14(19)17-10-3-1-2-9-8(10)4-7-13(18)16-9/h4-7,10H,1-3H2,(H,16,18)(H,17,19)/t10-/m1/s1. The third kappa shape index (κ3) is 2.49. The highest BCUT2D eigenvalue weighted by molar-refractivity contribution is 6.29. The fourth-order valence-electron chi connectivity index (χ4n) is 2.52. The van der Waals surface area contributed by atoms with E-state index in [0.717, 1.165) is 30.5 Å². The first kappa shape index (κ1) is 13.0. The summed E-state index contributed by atoms with van der Waals surface area (Å²) in [5.41, 5.74) is 1.74. The summed E-state index contributed by atoms with van der Waals surface area (Å²) in [5.74, 6) is -0.118. The molecule has 20 heavy (non-hydrogen) atoms. The van der Waals surface area contributed by atoms with E-state index in [9.17, 15) is 9.59 Å². The highest BCUT2D eigenvalue weighted by atomic mass is 35.5. The number of hydrogen-bond acceptors (Lipinski definition) is 3. The van der Waals surface area contributed by atoms with Gasteiger partial charge in [0.2, 0.25) is 5.56 Å². The van der Waals surface area contributed by atoms with Crippen molar-refractivity contribution < 1.29 is 9.21 Å². The van der Waals surface area contributed by atoms with E-state index in [1.165, 1.54) is 18.2 Å². The molecule has 1 amide bonds. The molecule has 0 spiro atoms. The first-order valence-corrected chi connectivity index (χ1v) is 6.79. The molecule has 3 rings (SSSR count). The van der Waals surface area contributed by atoms with E-state index >= 15 is 0 Å². The molecule has 0 radical (unpaired) electrons. The summed E-state index contributed by atoms with van der Waals surface area (Å²) in [6.07, 6.45) is 2.57. The summed E-state index contributed by atoms with van der Waals surface area (Å²) >= 11 is 5.66. The molecule has 0 bridgehead atoms. The minimum Gasteiger partial charge on any atom is -0.440 e. The number of carbonyl (C=O) groups excluding carboxylic acids is 1. The lowest BCUT2D eigenvalue weighted by Crippen LogP contribution is -2.31. The van der Waals surface area contributed by atoms with Gasteiger partial charge in [0.15, 0.2) is 11.0 Å². The molecule has 104 valence electrons. The molecule has 0 aliphatic heterocycles. The van der Waals surface area contributed by atoms with Gasteiger partial charge in [-0.2, -0.15) is 0 Å². The van der Waals surface area contributed by atoms with Crippen LogP contribution in [-0.2, 0) is 6.42 Å². The lowest BCUT2D eigenvalue weighted by atomic mass is 9.91. The van der Waals surface area contributed by atoms with Gasteiger partial charge in [-0.3, -0.25) is 9.59 Å². The third-order valence-corrected chi connectivity index (χ3v) is 3.64. The van der Waals surface area contributed by atoms with Crippen LogP contribution in [0.3, 0.4) is 0 Å². The largest absolute Gasteiger partial charge is 0.440 e. The number of pyridine rings is 1. The molecule has 2 aromatic rings. The third-order valence-electron chi connectivity index (χ3n) is 3.43. The van der Waals surface area contributed by atoms with E-state index < -0.39 is 0 Å². The molecule has 2 N–H and O–H groups in total. The lowest BCUT2D eigenvalue weighted by Gasteiger charge is -2.25. The number of aromatic amines is 1. The van der Waals surface area contributed by atoms with Crippen LogP contribution in [0.4, 0.5) is 0 Å². The zero-order valence-corrected chi connectivity index (χ0v) is 11.4. The van der Waals surface area contributed by atoms with Crippen molar-refractivity contribution in [2.24, 2.45) is 0 Å². The van der Waals surface area contributed by atoms with Gasteiger partial charge in [0.25, 0.3) is 5.91 Å². The Kier molecular flexibility index (Phi) is 3.36. The number of nitrogens with one attached hydrogen (secondary N) is 2. The van der Waals surface area contributed by atoms with Crippen molar-refractivity contribution in [2.45, 2.75) is 25.3 Å². The molecular weight excluding hydrogens is 280 g/mol. The van der Waals surface area contributed by atoms with Crippen molar-refractivity contribution in [3.63, 3.8) is 0 Å². The molecule has 2 aromatic heterocycles. The van der Waals surface area contributed by atoms with E-state index in [2.05, 4.69) is 10.3 Å². The van der Waals surface area contributed by atoms with Crippen LogP contribution >= 0.6 is 11.6 Å². The lowest BCUT2D eigenvalue weighted by molar-refractivity contribution is 0.0904. The summed E-state index contributed by atoms with van der Waals surface area (Å²) in [7, 11) is 0. The fraction of sp³-hybridized carbons (Fsp3) is 0.286. The monoisotopic (exact) mass is 292 g/mol. The molecule has 0 unspecified atom stereocenters. The fourth-order valence-corrected chi connectivity index (χ4v) is 2.66. The number of amides is 1. The van der Waals surface area contributed by atoms with E-state index in [1.807, 2.05) is 0 Å². The first-order valence-electron chi connectivity index (χ1n) is 6.42. The van der Waals surface area contributed by atoms with Crippen LogP contribution in [-0.4, -0.2) is 10.9 Å². The SMILES string of the molecule is O=C(N[C@@H]1CCCc2[nH]c(=O)ccc21)c1ccc(Cl)o1. The molecule has 2 heterocycles. The zero-order valence-electron chi connectivity index (χ0n) is 10.6. The maximum atomic E-state index is 12.1. The average molecular weight is 293 g/mol. The molecule has 0 fully saturated rings. The summed E-state index contributed by atoms with van der Waals surface area (Å²) in [6.45, 7) is 0. The van der Waals surface area contributed by atoms with Gasteiger partial charge in [-0.25, -0.2) is 0 Å². The molecule has 1 aliphatic rings. The Bertz CT molecular complexity index is 704. The molecule has 0 saturated heterocycles. The first-order chi connectivity index (χ1) is 9.63. The molecule has 6 heteroatoms. The van der Waals surface area contributed by atoms with Gasteiger partial charge in [0, 0.05) is 11.8 Å². The van der Waals surface area contributed by atoms with E-state index in [1.54, 1.807) is 6.07 Å². The van der Waals surface area contributed by atoms with Gasteiger partial charge < -0.3 is 14.7 Å². The molecule has 0 aromatic carbocycles. The molecule has 1 aliphatic carbocycles. The highest BCUT2D eigenvalue weighted by Crippen LogP contribution is 2.28. The van der Waals surface area contributed by atoms with Crippen molar-refractivity contribution >= 4 is 17.5 Å². The number of halogens is 1. The zero-order chi connectivity index (χ0) is 14.1. The van der Waals surface area contributed by atoms with Crippen LogP contribution in [0.1, 0.15) is 40.7 Å². The number of aromatic nitrogens is 1. The number of H-pyrrole nitrogens is 1. The summed E-state index contributed by atoms with van der Waals surface area (Å²) in [5, 5.41) is 3.09. The Hall–Kier alpha value is -2.01. The van der Waals surface area contributed by atoms with Crippen LogP contribution in [0.15, 0.2) is 33.5 Å². The van der Waals surface area contributed by atoms with E-state index in [0.29, 0.717) is 0 Å².